The molecule has 1 saturated heterocycles. The predicted molar refractivity (Wildman–Crippen MR) is 158 cm³/mol. The first-order chi connectivity index (χ1) is 19.6. The van der Waals surface area contributed by atoms with Crippen molar-refractivity contribution in [2.75, 3.05) is 43.0 Å². The fourth-order valence-electron chi connectivity index (χ4n) is 4.56. The molecule has 1 fully saturated rings. The number of benzene rings is 3. The van der Waals surface area contributed by atoms with Crippen molar-refractivity contribution in [3.63, 3.8) is 0 Å². The van der Waals surface area contributed by atoms with E-state index in [9.17, 15) is 21.6 Å². The number of rotatable bonds is 11. The number of amides is 1. The van der Waals surface area contributed by atoms with Crippen LogP contribution in [0.25, 0.3) is 0 Å². The summed E-state index contributed by atoms with van der Waals surface area (Å²) in [5.74, 6) is 0.0420. The Morgan fingerprint density at radius 3 is 2.20 bits per heavy atom. The number of nitrogens with zero attached hydrogens (tertiary/aromatic N) is 2. The van der Waals surface area contributed by atoms with Crippen molar-refractivity contribution in [2.24, 2.45) is 0 Å². The van der Waals surface area contributed by atoms with E-state index in [1.54, 1.807) is 36.4 Å². The van der Waals surface area contributed by atoms with Gasteiger partial charge in [0.1, 0.15) is 22.9 Å². The molecule has 0 spiro atoms. The number of sulfonamides is 2. The van der Waals surface area contributed by atoms with Crippen LogP contribution in [0.3, 0.4) is 0 Å². The van der Waals surface area contributed by atoms with Crippen LogP contribution in [0, 0.1) is 6.92 Å². The minimum absolute atomic E-state index is 0.00585. The summed E-state index contributed by atoms with van der Waals surface area (Å²) in [4.78, 5) is 13.2. The standard InChI is InChI=1S/C29H35N3O7S2/c1-4-39-25-13-15-26(16-14-25)40(34,35)32(24-11-8-22(2)9-12-24)21-29(33)30-23-10-17-27(38-3)28(20-23)41(36,37)31-18-6-5-7-19-31/h8-17,20H,4-7,18-19,21H2,1-3H3,(H,30,33). The molecule has 10 nitrogen and oxygen atoms in total. The van der Waals surface area contributed by atoms with Crippen molar-refractivity contribution in [1.82, 2.24) is 4.31 Å². The van der Waals surface area contributed by atoms with Crippen LogP contribution in [-0.2, 0) is 24.8 Å². The highest BCUT2D eigenvalue weighted by Gasteiger charge is 2.30. The number of anilines is 2. The van der Waals surface area contributed by atoms with E-state index in [-0.39, 0.29) is 21.2 Å². The first-order valence-corrected chi connectivity index (χ1v) is 16.2. The SMILES string of the molecule is CCOc1ccc(S(=O)(=O)N(CC(=O)Nc2ccc(OC)c(S(=O)(=O)N3CCCCC3)c2)c2ccc(C)cc2)cc1. The van der Waals surface area contributed by atoms with Gasteiger partial charge in [0.2, 0.25) is 15.9 Å². The molecule has 3 aromatic rings. The minimum Gasteiger partial charge on any atom is -0.495 e. The van der Waals surface area contributed by atoms with Crippen molar-refractivity contribution in [3.05, 3.63) is 72.3 Å². The van der Waals surface area contributed by atoms with Gasteiger partial charge in [-0.1, -0.05) is 24.1 Å². The molecule has 0 aromatic heterocycles. The molecule has 1 heterocycles. The molecule has 1 aliphatic heterocycles. The smallest absolute Gasteiger partial charge is 0.264 e. The van der Waals surface area contributed by atoms with Crippen molar-refractivity contribution in [3.8, 4) is 11.5 Å². The molecule has 0 aliphatic carbocycles. The zero-order chi connectivity index (χ0) is 29.6. The van der Waals surface area contributed by atoms with E-state index in [1.165, 1.54) is 41.7 Å². The third-order valence-corrected chi connectivity index (χ3v) is 10.4. The lowest BCUT2D eigenvalue weighted by Gasteiger charge is -2.27. The number of carbonyl (C=O) groups excluding carboxylic acids is 1. The number of piperidine rings is 1. The maximum atomic E-state index is 13.7. The zero-order valence-electron chi connectivity index (χ0n) is 23.4. The molecule has 1 aliphatic rings. The van der Waals surface area contributed by atoms with Gasteiger partial charge in [-0.25, -0.2) is 16.8 Å². The molecule has 220 valence electrons. The van der Waals surface area contributed by atoms with Crippen LogP contribution in [0.2, 0.25) is 0 Å². The number of hydrogen-bond donors (Lipinski definition) is 1. The molecule has 0 bridgehead atoms. The summed E-state index contributed by atoms with van der Waals surface area (Å²) < 4.78 is 67.4. The van der Waals surface area contributed by atoms with Crippen molar-refractivity contribution in [1.29, 1.82) is 0 Å². The molecule has 3 aromatic carbocycles. The average molecular weight is 602 g/mol. The number of methoxy groups -OCH3 is 1. The van der Waals surface area contributed by atoms with Gasteiger partial charge in [0.25, 0.3) is 10.0 Å². The van der Waals surface area contributed by atoms with Crippen LogP contribution in [0.4, 0.5) is 11.4 Å². The number of nitrogens with one attached hydrogen (secondary N) is 1. The Balaban J connectivity index is 1.62. The van der Waals surface area contributed by atoms with Gasteiger partial charge in [-0.15, -0.1) is 0 Å². The number of hydrogen-bond acceptors (Lipinski definition) is 7. The molecule has 1 N–H and O–H groups in total. The normalized spacial score (nSPS) is 14.3. The van der Waals surface area contributed by atoms with Crippen LogP contribution in [-0.4, -0.2) is 60.4 Å². The Bertz CT molecular complexity index is 1570. The average Bonchev–Trinajstić information content (AvgIpc) is 2.97. The Morgan fingerprint density at radius 2 is 1.59 bits per heavy atom. The highest BCUT2D eigenvalue weighted by Crippen LogP contribution is 2.31. The number of carbonyl (C=O) groups is 1. The van der Waals surface area contributed by atoms with Gasteiger partial charge in [0, 0.05) is 18.8 Å². The van der Waals surface area contributed by atoms with Crippen LogP contribution in [0.1, 0.15) is 31.7 Å². The summed E-state index contributed by atoms with van der Waals surface area (Å²) in [6.45, 7) is 4.43. The van der Waals surface area contributed by atoms with Gasteiger partial charge in [-0.2, -0.15) is 4.31 Å². The summed E-state index contributed by atoms with van der Waals surface area (Å²) in [6, 6.07) is 17.1. The largest absolute Gasteiger partial charge is 0.495 e. The Labute approximate surface area is 242 Å². The zero-order valence-corrected chi connectivity index (χ0v) is 25.0. The molecule has 0 radical (unpaired) electrons. The van der Waals surface area contributed by atoms with Crippen LogP contribution in [0.15, 0.2) is 76.5 Å². The molecule has 41 heavy (non-hydrogen) atoms. The third-order valence-electron chi connectivity index (χ3n) is 6.71. The van der Waals surface area contributed by atoms with Crippen molar-refractivity contribution >= 4 is 37.3 Å². The monoisotopic (exact) mass is 601 g/mol. The van der Waals surface area contributed by atoms with Gasteiger partial charge in [0.05, 0.1) is 24.3 Å². The first-order valence-electron chi connectivity index (χ1n) is 13.4. The van der Waals surface area contributed by atoms with Crippen LogP contribution >= 0.6 is 0 Å². The number of ether oxygens (including phenoxy) is 2. The quantitative estimate of drug-likeness (QED) is 0.345. The van der Waals surface area contributed by atoms with Gasteiger partial charge in [-0.3, -0.25) is 9.10 Å². The third kappa shape index (κ3) is 7.00. The van der Waals surface area contributed by atoms with Gasteiger partial charge < -0.3 is 14.8 Å². The molecular weight excluding hydrogens is 566 g/mol. The van der Waals surface area contributed by atoms with E-state index in [4.69, 9.17) is 9.47 Å². The van der Waals surface area contributed by atoms with E-state index in [0.29, 0.717) is 31.1 Å². The fourth-order valence-corrected chi connectivity index (χ4v) is 7.68. The number of aryl methyl sites for hydroxylation is 1. The Hall–Kier alpha value is -3.61. The molecule has 12 heteroatoms. The molecule has 1 amide bonds. The topological polar surface area (TPSA) is 122 Å². The van der Waals surface area contributed by atoms with E-state index >= 15 is 0 Å². The maximum Gasteiger partial charge on any atom is 0.264 e. The lowest BCUT2D eigenvalue weighted by molar-refractivity contribution is -0.114. The van der Waals surface area contributed by atoms with Crippen LogP contribution < -0.4 is 19.1 Å². The van der Waals surface area contributed by atoms with E-state index in [0.717, 1.165) is 29.1 Å². The summed E-state index contributed by atoms with van der Waals surface area (Å²) in [5.41, 5.74) is 1.44. The van der Waals surface area contributed by atoms with Crippen molar-refractivity contribution in [2.45, 2.75) is 42.9 Å². The van der Waals surface area contributed by atoms with Gasteiger partial charge in [0.15, 0.2) is 0 Å². The van der Waals surface area contributed by atoms with Crippen LogP contribution in [0.5, 0.6) is 11.5 Å². The van der Waals surface area contributed by atoms with Gasteiger partial charge in [-0.05, 0) is 81.3 Å². The Morgan fingerprint density at radius 1 is 0.927 bits per heavy atom. The van der Waals surface area contributed by atoms with Gasteiger partial charge >= 0.3 is 0 Å². The maximum absolute atomic E-state index is 13.7. The second-order valence-corrected chi connectivity index (χ2v) is 13.4. The summed E-state index contributed by atoms with van der Waals surface area (Å²) in [5, 5.41) is 2.67. The molecule has 0 unspecified atom stereocenters. The summed E-state index contributed by atoms with van der Waals surface area (Å²) in [6.07, 6.45) is 2.52. The molecule has 0 atom stereocenters. The Kier molecular flexibility index (Phi) is 9.57. The lowest BCUT2D eigenvalue weighted by atomic mass is 10.2. The minimum atomic E-state index is -4.15. The van der Waals surface area contributed by atoms with Crippen molar-refractivity contribution < 1.29 is 31.1 Å². The highest BCUT2D eigenvalue weighted by atomic mass is 32.2. The lowest BCUT2D eigenvalue weighted by Crippen LogP contribution is -2.38. The predicted octanol–water partition coefficient (Wildman–Crippen LogP) is 4.41. The highest BCUT2D eigenvalue weighted by molar-refractivity contribution is 7.92. The molecular formula is C29H35N3O7S2. The van der Waals surface area contributed by atoms with E-state index < -0.39 is 32.5 Å². The summed E-state index contributed by atoms with van der Waals surface area (Å²) in [7, 11) is -6.63. The fraction of sp³-hybridized carbons (Fsp3) is 0.345. The summed E-state index contributed by atoms with van der Waals surface area (Å²) >= 11 is 0. The second kappa shape index (κ2) is 12.9. The molecule has 0 saturated carbocycles. The van der Waals surface area contributed by atoms with E-state index in [2.05, 4.69) is 5.32 Å². The second-order valence-electron chi connectivity index (χ2n) is 9.63. The molecule has 4 rings (SSSR count). The first kappa shape index (κ1) is 30.4. The van der Waals surface area contributed by atoms with E-state index in [1.807, 2.05) is 13.8 Å².